The van der Waals surface area contributed by atoms with E-state index in [1.165, 1.54) is 0 Å². The van der Waals surface area contributed by atoms with E-state index in [2.05, 4.69) is 37.8 Å². The fraction of sp³-hybridized carbons (Fsp3) is 0.824. The first-order valence-corrected chi connectivity index (χ1v) is 7.68. The molecule has 0 spiro atoms. The Morgan fingerprint density at radius 3 is 2.45 bits per heavy atom. The molecule has 1 aliphatic carbocycles. The molecule has 0 saturated heterocycles. The maximum absolute atomic E-state index is 12.8. The minimum absolute atomic E-state index is 0.177. The number of carbonyl (C=O) groups excluding carboxylic acids is 1. The first-order valence-electron chi connectivity index (χ1n) is 7.68. The van der Waals surface area contributed by atoms with E-state index in [1.54, 1.807) is 0 Å². The average Bonchev–Trinajstić information content (AvgIpc) is 2.29. The van der Waals surface area contributed by atoms with Crippen LogP contribution in [0.2, 0.25) is 0 Å². The van der Waals surface area contributed by atoms with Crippen LogP contribution < -0.4 is 5.32 Å². The number of nitrogens with zero attached hydrogens (tertiary/aromatic N) is 1. The van der Waals surface area contributed by atoms with Gasteiger partial charge in [0.2, 0.25) is 5.91 Å². The number of carbonyl (C=O) groups is 1. The van der Waals surface area contributed by atoms with Crippen molar-refractivity contribution in [2.75, 3.05) is 20.6 Å². The van der Waals surface area contributed by atoms with Crippen LogP contribution in [-0.2, 0) is 4.79 Å². The fourth-order valence-corrected chi connectivity index (χ4v) is 3.24. The third kappa shape index (κ3) is 4.34. The third-order valence-electron chi connectivity index (χ3n) is 4.40. The predicted octanol–water partition coefficient (Wildman–Crippen LogP) is 3.07. The molecule has 20 heavy (non-hydrogen) atoms. The van der Waals surface area contributed by atoms with Crippen LogP contribution in [-0.4, -0.2) is 37.0 Å². The van der Waals surface area contributed by atoms with E-state index < -0.39 is 0 Å². The molecule has 0 aromatic carbocycles. The summed E-state index contributed by atoms with van der Waals surface area (Å²) in [7, 11) is 4.17. The summed E-state index contributed by atoms with van der Waals surface area (Å²) in [5.74, 6) is 1.07. The van der Waals surface area contributed by atoms with Crippen LogP contribution in [0.25, 0.3) is 0 Å². The van der Waals surface area contributed by atoms with Gasteiger partial charge in [0.1, 0.15) is 0 Å². The van der Waals surface area contributed by atoms with Gasteiger partial charge >= 0.3 is 0 Å². The zero-order valence-corrected chi connectivity index (χ0v) is 14.1. The molecule has 1 amide bonds. The first-order chi connectivity index (χ1) is 9.08. The molecule has 1 rings (SSSR count). The van der Waals surface area contributed by atoms with Gasteiger partial charge in [-0.3, -0.25) is 4.79 Å². The van der Waals surface area contributed by atoms with Gasteiger partial charge in [-0.2, -0.15) is 0 Å². The van der Waals surface area contributed by atoms with Crippen LogP contribution in [0.1, 0.15) is 47.0 Å². The smallest absolute Gasteiger partial charge is 0.226 e. The van der Waals surface area contributed by atoms with Crippen LogP contribution >= 0.6 is 0 Å². The lowest BCUT2D eigenvalue weighted by atomic mass is 9.63. The monoisotopic (exact) mass is 280 g/mol. The molecule has 0 unspecified atom stereocenters. The van der Waals surface area contributed by atoms with Crippen molar-refractivity contribution in [3.05, 3.63) is 12.7 Å². The van der Waals surface area contributed by atoms with Gasteiger partial charge in [-0.05, 0) is 66.0 Å². The van der Waals surface area contributed by atoms with Crippen molar-refractivity contribution in [3.63, 3.8) is 0 Å². The van der Waals surface area contributed by atoms with Crippen LogP contribution in [0.5, 0.6) is 0 Å². The summed E-state index contributed by atoms with van der Waals surface area (Å²) in [6, 6.07) is 0. The Balaban J connectivity index is 2.95. The highest BCUT2D eigenvalue weighted by atomic mass is 16.2. The van der Waals surface area contributed by atoms with E-state index in [4.69, 9.17) is 0 Å². The molecular weight excluding hydrogens is 248 g/mol. The highest BCUT2D eigenvalue weighted by Crippen LogP contribution is 2.44. The Hall–Kier alpha value is -0.830. The SMILES string of the molecule is C=C[C@@H]1CC[C@@H](CN(C)C)[C@@](C)(C(=O)NC(C)(C)C)C1. The molecule has 1 N–H and O–H groups in total. The second-order valence-corrected chi connectivity index (χ2v) is 7.86. The molecule has 116 valence electrons. The summed E-state index contributed by atoms with van der Waals surface area (Å²) in [5.41, 5.74) is -0.474. The molecule has 0 radical (unpaired) electrons. The zero-order valence-electron chi connectivity index (χ0n) is 14.1. The largest absolute Gasteiger partial charge is 0.351 e. The number of nitrogens with one attached hydrogen (secondary N) is 1. The van der Waals surface area contributed by atoms with Gasteiger partial charge in [-0.1, -0.05) is 13.0 Å². The van der Waals surface area contributed by atoms with Gasteiger partial charge < -0.3 is 10.2 Å². The Morgan fingerprint density at radius 2 is 2.00 bits per heavy atom. The summed E-state index contributed by atoms with van der Waals surface area (Å²) in [4.78, 5) is 15.0. The summed E-state index contributed by atoms with van der Waals surface area (Å²) in [6.07, 6.45) is 5.19. The molecular formula is C17H32N2O. The minimum Gasteiger partial charge on any atom is -0.351 e. The van der Waals surface area contributed by atoms with Crippen LogP contribution in [0.3, 0.4) is 0 Å². The molecule has 3 heteroatoms. The van der Waals surface area contributed by atoms with Crippen molar-refractivity contribution >= 4 is 5.91 Å². The fourth-order valence-electron chi connectivity index (χ4n) is 3.24. The third-order valence-corrected chi connectivity index (χ3v) is 4.40. The predicted molar refractivity (Wildman–Crippen MR) is 85.6 cm³/mol. The maximum atomic E-state index is 12.8. The van der Waals surface area contributed by atoms with Gasteiger partial charge in [0.25, 0.3) is 0 Å². The second kappa shape index (κ2) is 6.30. The molecule has 0 aromatic heterocycles. The lowest BCUT2D eigenvalue weighted by Gasteiger charge is -2.45. The standard InChI is InChI=1S/C17H32N2O/c1-8-13-9-10-14(12-19(6)7)17(5,11-13)15(20)18-16(2,3)4/h8,13-14H,1,9-12H2,2-7H3,(H,18,20)/t13-,14+,17+/m1/s1. The van der Waals surface area contributed by atoms with Crippen molar-refractivity contribution in [1.82, 2.24) is 10.2 Å². The molecule has 1 fully saturated rings. The lowest BCUT2D eigenvalue weighted by Crippen LogP contribution is -2.54. The number of allylic oxidation sites excluding steroid dienone is 1. The number of hydrogen-bond acceptors (Lipinski definition) is 2. The van der Waals surface area contributed by atoms with E-state index >= 15 is 0 Å². The van der Waals surface area contributed by atoms with Crippen molar-refractivity contribution in [2.45, 2.75) is 52.5 Å². The van der Waals surface area contributed by atoms with Crippen molar-refractivity contribution in [1.29, 1.82) is 0 Å². The summed E-state index contributed by atoms with van der Waals surface area (Å²) >= 11 is 0. The van der Waals surface area contributed by atoms with Crippen molar-refractivity contribution in [2.24, 2.45) is 17.3 Å². The van der Waals surface area contributed by atoms with Gasteiger partial charge in [0, 0.05) is 12.1 Å². The normalized spacial score (nSPS) is 31.1. The summed E-state index contributed by atoms with van der Waals surface area (Å²) in [6.45, 7) is 13.2. The van der Waals surface area contributed by atoms with E-state index in [0.29, 0.717) is 11.8 Å². The average molecular weight is 280 g/mol. The molecule has 1 aliphatic rings. The Kier molecular flexibility index (Phi) is 5.42. The number of amides is 1. The zero-order chi connectivity index (χ0) is 15.6. The molecule has 3 atom stereocenters. The first kappa shape index (κ1) is 17.2. The van der Waals surface area contributed by atoms with Crippen LogP contribution in [0.4, 0.5) is 0 Å². The molecule has 0 aliphatic heterocycles. The second-order valence-electron chi connectivity index (χ2n) is 7.86. The van der Waals surface area contributed by atoms with Crippen molar-refractivity contribution < 1.29 is 4.79 Å². The minimum atomic E-state index is -0.297. The summed E-state index contributed by atoms with van der Waals surface area (Å²) < 4.78 is 0. The molecule has 0 aromatic rings. The van der Waals surface area contributed by atoms with E-state index in [1.807, 2.05) is 26.8 Å². The molecule has 1 saturated carbocycles. The highest BCUT2D eigenvalue weighted by molar-refractivity contribution is 5.83. The van der Waals surface area contributed by atoms with E-state index in [-0.39, 0.29) is 16.9 Å². The quantitative estimate of drug-likeness (QED) is 0.803. The Labute approximate surface area is 124 Å². The van der Waals surface area contributed by atoms with Crippen molar-refractivity contribution in [3.8, 4) is 0 Å². The van der Waals surface area contributed by atoms with Gasteiger partial charge in [0.15, 0.2) is 0 Å². The van der Waals surface area contributed by atoms with Crippen LogP contribution in [0, 0.1) is 17.3 Å². The summed E-state index contributed by atoms with van der Waals surface area (Å²) in [5, 5.41) is 3.19. The Morgan fingerprint density at radius 1 is 1.40 bits per heavy atom. The lowest BCUT2D eigenvalue weighted by molar-refractivity contribution is -0.138. The molecule has 0 heterocycles. The van der Waals surface area contributed by atoms with Gasteiger partial charge in [-0.25, -0.2) is 0 Å². The highest BCUT2D eigenvalue weighted by Gasteiger charge is 2.46. The topological polar surface area (TPSA) is 32.3 Å². The Bertz CT molecular complexity index is 356. The van der Waals surface area contributed by atoms with Gasteiger partial charge in [0.05, 0.1) is 5.41 Å². The van der Waals surface area contributed by atoms with E-state index in [0.717, 1.165) is 25.8 Å². The van der Waals surface area contributed by atoms with E-state index in [9.17, 15) is 4.79 Å². The molecule has 0 bridgehead atoms. The number of rotatable bonds is 4. The van der Waals surface area contributed by atoms with Gasteiger partial charge in [-0.15, -0.1) is 6.58 Å². The number of hydrogen-bond donors (Lipinski definition) is 1. The molecule has 3 nitrogen and oxygen atoms in total. The maximum Gasteiger partial charge on any atom is 0.226 e. The van der Waals surface area contributed by atoms with Crippen LogP contribution in [0.15, 0.2) is 12.7 Å².